The molecule has 3 aromatic rings. The summed E-state index contributed by atoms with van der Waals surface area (Å²) in [5.41, 5.74) is 8.18. The van der Waals surface area contributed by atoms with Crippen LogP contribution >= 0.6 is 0 Å². The first kappa shape index (κ1) is 23.5. The third kappa shape index (κ3) is 4.27. The number of urea groups is 1. The Labute approximate surface area is 212 Å². The molecule has 2 aromatic heterocycles. The van der Waals surface area contributed by atoms with Crippen molar-refractivity contribution in [2.24, 2.45) is 0 Å². The van der Waals surface area contributed by atoms with Crippen LogP contribution in [0.1, 0.15) is 42.1 Å². The summed E-state index contributed by atoms with van der Waals surface area (Å²) in [5, 5.41) is 4.79. The van der Waals surface area contributed by atoms with Gasteiger partial charge in [-0.3, -0.25) is 0 Å². The number of hydrogen-bond donors (Lipinski definition) is 2. The van der Waals surface area contributed by atoms with Crippen LogP contribution in [0.2, 0.25) is 0 Å². The average Bonchev–Trinajstić information content (AvgIpc) is 3.29. The number of nitrogens with zero attached hydrogens (tertiary/aromatic N) is 3. The van der Waals surface area contributed by atoms with E-state index in [2.05, 4.69) is 47.3 Å². The highest BCUT2D eigenvalue weighted by Crippen LogP contribution is 2.35. The van der Waals surface area contributed by atoms with Crippen LogP contribution in [0.15, 0.2) is 30.6 Å². The van der Waals surface area contributed by atoms with Crippen LogP contribution in [0.4, 0.5) is 4.79 Å². The van der Waals surface area contributed by atoms with E-state index < -0.39 is 0 Å². The summed E-state index contributed by atoms with van der Waals surface area (Å²) in [5.74, 6) is 0. The zero-order chi connectivity index (χ0) is 24.8. The molecule has 3 aliphatic rings. The van der Waals surface area contributed by atoms with Gasteiger partial charge in [-0.25, -0.2) is 9.78 Å². The monoisotopic (exact) mass is 489 g/mol. The maximum absolute atomic E-state index is 13.6. The molecular weight excluding hydrogens is 454 g/mol. The minimum absolute atomic E-state index is 0.0681. The number of nitrogens with one attached hydrogen (secondary N) is 2. The van der Waals surface area contributed by atoms with Crippen LogP contribution in [-0.2, 0) is 22.4 Å². The van der Waals surface area contributed by atoms with Gasteiger partial charge in [0.1, 0.15) is 5.65 Å². The average molecular weight is 490 g/mol. The Balaban J connectivity index is 1.36. The quantitative estimate of drug-likeness (QED) is 0.573. The molecule has 6 rings (SSSR count). The maximum atomic E-state index is 13.6. The lowest BCUT2D eigenvalue weighted by Gasteiger charge is -2.41. The molecular formula is C28H35N5O3. The molecule has 5 heterocycles. The fourth-order valence-electron chi connectivity index (χ4n) is 5.75. The van der Waals surface area contributed by atoms with Crippen molar-refractivity contribution in [2.75, 3.05) is 39.5 Å². The Morgan fingerprint density at radius 3 is 2.89 bits per heavy atom. The number of aromatic amines is 1. The van der Waals surface area contributed by atoms with Crippen molar-refractivity contribution < 1.29 is 14.3 Å². The number of amides is 2. The maximum Gasteiger partial charge on any atom is 0.320 e. The van der Waals surface area contributed by atoms with Crippen molar-refractivity contribution >= 4 is 17.1 Å². The lowest BCUT2D eigenvalue weighted by molar-refractivity contribution is -0.0378. The van der Waals surface area contributed by atoms with Gasteiger partial charge in [0, 0.05) is 49.5 Å². The largest absolute Gasteiger partial charge is 0.378 e. The van der Waals surface area contributed by atoms with E-state index in [0.29, 0.717) is 26.3 Å². The Bertz CT molecular complexity index is 1280. The number of carbonyl (C=O) groups excluding carboxylic acids is 1. The summed E-state index contributed by atoms with van der Waals surface area (Å²) in [6.45, 7) is 11.0. The normalized spacial score (nSPS) is 24.7. The Morgan fingerprint density at radius 2 is 2.06 bits per heavy atom. The van der Waals surface area contributed by atoms with Crippen molar-refractivity contribution in [3.8, 4) is 11.1 Å². The van der Waals surface area contributed by atoms with Gasteiger partial charge in [-0.05, 0) is 67.1 Å². The molecule has 2 N–H and O–H groups in total. The standard InChI is InChI=1S/C28H35N5O3/c1-17-11-30-27-23(17)10-22(12-31-27)21-8-20-4-6-32(28(34)33-13-19(3)36-15-18(33)2)14-25(20)24(9-21)26-16-35-7-5-29-26/h8-12,18-19,26,29H,4-7,13-16H2,1-3H3,(H,30,31)/t18?,19?,26-/m0/s1. The Kier molecular flexibility index (Phi) is 6.19. The topological polar surface area (TPSA) is 82.7 Å². The first-order chi connectivity index (χ1) is 17.5. The van der Waals surface area contributed by atoms with Crippen molar-refractivity contribution in [1.82, 2.24) is 25.1 Å². The van der Waals surface area contributed by atoms with E-state index in [-0.39, 0.29) is 24.2 Å². The summed E-state index contributed by atoms with van der Waals surface area (Å²) in [6, 6.07) is 7.12. The molecule has 36 heavy (non-hydrogen) atoms. The number of H-pyrrole nitrogens is 1. The van der Waals surface area contributed by atoms with Crippen LogP contribution in [0.3, 0.4) is 0 Å². The van der Waals surface area contributed by atoms with Gasteiger partial charge in [-0.15, -0.1) is 0 Å². The van der Waals surface area contributed by atoms with Crippen molar-refractivity contribution in [2.45, 2.75) is 51.9 Å². The van der Waals surface area contributed by atoms with Crippen LogP contribution in [0.5, 0.6) is 0 Å². The lowest BCUT2D eigenvalue weighted by Crippen LogP contribution is -2.55. The summed E-state index contributed by atoms with van der Waals surface area (Å²) in [7, 11) is 0. The highest BCUT2D eigenvalue weighted by Gasteiger charge is 2.34. The molecule has 2 unspecified atom stereocenters. The van der Waals surface area contributed by atoms with Crippen LogP contribution in [0, 0.1) is 6.92 Å². The van der Waals surface area contributed by atoms with Crippen LogP contribution in [0.25, 0.3) is 22.2 Å². The summed E-state index contributed by atoms with van der Waals surface area (Å²) in [6.07, 6.45) is 4.86. The molecule has 0 aliphatic carbocycles. The number of rotatable bonds is 2. The van der Waals surface area contributed by atoms with E-state index in [9.17, 15) is 4.79 Å². The van der Waals surface area contributed by atoms with Gasteiger partial charge in [-0.2, -0.15) is 0 Å². The molecule has 3 atom stereocenters. The van der Waals surface area contributed by atoms with Crippen LogP contribution < -0.4 is 5.32 Å². The molecule has 0 radical (unpaired) electrons. The van der Waals surface area contributed by atoms with Crippen molar-refractivity contribution in [1.29, 1.82) is 0 Å². The van der Waals surface area contributed by atoms with Gasteiger partial charge in [0.05, 0.1) is 38.0 Å². The van der Waals surface area contributed by atoms with Gasteiger partial charge in [0.2, 0.25) is 0 Å². The third-order valence-corrected chi connectivity index (χ3v) is 7.87. The van der Waals surface area contributed by atoms with E-state index in [4.69, 9.17) is 9.47 Å². The highest BCUT2D eigenvalue weighted by molar-refractivity contribution is 5.84. The minimum Gasteiger partial charge on any atom is -0.378 e. The van der Waals surface area contributed by atoms with Crippen molar-refractivity contribution in [3.05, 3.63) is 52.8 Å². The molecule has 190 valence electrons. The first-order valence-electron chi connectivity index (χ1n) is 13.1. The summed E-state index contributed by atoms with van der Waals surface area (Å²) < 4.78 is 11.6. The predicted octanol–water partition coefficient (Wildman–Crippen LogP) is 3.79. The Hall–Kier alpha value is -2.94. The van der Waals surface area contributed by atoms with E-state index >= 15 is 0 Å². The highest BCUT2D eigenvalue weighted by atomic mass is 16.5. The second kappa shape index (κ2) is 9.50. The first-order valence-corrected chi connectivity index (χ1v) is 13.1. The Morgan fingerprint density at radius 1 is 1.17 bits per heavy atom. The second-order valence-corrected chi connectivity index (χ2v) is 10.5. The zero-order valence-electron chi connectivity index (χ0n) is 21.3. The van der Waals surface area contributed by atoms with E-state index in [1.54, 1.807) is 0 Å². The minimum atomic E-state index is 0.0681. The molecule has 8 heteroatoms. The number of morpholine rings is 2. The third-order valence-electron chi connectivity index (χ3n) is 7.87. The van der Waals surface area contributed by atoms with E-state index in [0.717, 1.165) is 42.7 Å². The zero-order valence-corrected chi connectivity index (χ0v) is 21.3. The smallest absolute Gasteiger partial charge is 0.320 e. The molecule has 0 spiro atoms. The van der Waals surface area contributed by atoms with Crippen molar-refractivity contribution in [3.63, 3.8) is 0 Å². The SMILES string of the molecule is Cc1c[nH]c2ncc(-c3cc4c(c([C@@H]5COCCN5)c3)CN(C(=O)N3CC(C)OCC3C)CC4)cc12. The summed E-state index contributed by atoms with van der Waals surface area (Å²) in [4.78, 5) is 25.5. The van der Waals surface area contributed by atoms with Gasteiger partial charge in [0.15, 0.2) is 0 Å². The molecule has 1 aromatic carbocycles. The number of benzene rings is 1. The fraction of sp³-hybridized carbons (Fsp3) is 0.500. The van der Waals surface area contributed by atoms with Gasteiger partial charge in [-0.1, -0.05) is 6.07 Å². The molecule has 2 saturated heterocycles. The molecule has 8 nitrogen and oxygen atoms in total. The van der Waals surface area contributed by atoms with Gasteiger partial charge in [0.25, 0.3) is 0 Å². The number of aromatic nitrogens is 2. The lowest BCUT2D eigenvalue weighted by atomic mass is 9.87. The summed E-state index contributed by atoms with van der Waals surface area (Å²) >= 11 is 0. The number of pyridine rings is 1. The number of hydrogen-bond acceptors (Lipinski definition) is 5. The molecule has 0 bridgehead atoms. The molecule has 2 fully saturated rings. The van der Waals surface area contributed by atoms with E-state index in [1.807, 2.05) is 29.1 Å². The van der Waals surface area contributed by atoms with Gasteiger partial charge >= 0.3 is 6.03 Å². The number of carbonyl (C=O) groups is 1. The number of ether oxygens (including phenoxy) is 2. The van der Waals surface area contributed by atoms with Gasteiger partial charge < -0.3 is 29.6 Å². The van der Waals surface area contributed by atoms with E-state index in [1.165, 1.54) is 27.8 Å². The van der Waals surface area contributed by atoms with Crippen LogP contribution in [-0.4, -0.2) is 77.4 Å². The number of fused-ring (bicyclic) bond motifs is 2. The number of aryl methyl sites for hydroxylation is 1. The predicted molar refractivity (Wildman–Crippen MR) is 139 cm³/mol. The molecule has 0 saturated carbocycles. The second-order valence-electron chi connectivity index (χ2n) is 10.5. The fourth-order valence-corrected chi connectivity index (χ4v) is 5.75. The molecule has 2 amide bonds. The molecule has 3 aliphatic heterocycles.